The van der Waals surface area contributed by atoms with Crippen LogP contribution in [-0.4, -0.2) is 23.3 Å². The van der Waals surface area contributed by atoms with Crippen molar-refractivity contribution in [3.05, 3.63) is 59.1 Å². The molecule has 0 spiro atoms. The molecule has 0 saturated carbocycles. The first-order valence-corrected chi connectivity index (χ1v) is 12.5. The van der Waals surface area contributed by atoms with E-state index in [0.29, 0.717) is 24.5 Å². The summed E-state index contributed by atoms with van der Waals surface area (Å²) in [5, 5.41) is 9.56. The molecule has 1 N–H and O–H groups in total. The lowest BCUT2D eigenvalue weighted by Crippen LogP contribution is -2.03. The van der Waals surface area contributed by atoms with Gasteiger partial charge in [0.25, 0.3) is 0 Å². The minimum atomic E-state index is -0.384. The van der Waals surface area contributed by atoms with Gasteiger partial charge in [0, 0.05) is 18.2 Å². The van der Waals surface area contributed by atoms with Crippen molar-refractivity contribution in [2.24, 2.45) is 0 Å². The van der Waals surface area contributed by atoms with Crippen LogP contribution in [0, 0.1) is 0 Å². The smallest absolute Gasteiger partial charge is 0.345 e. The number of aliphatic hydroxyl groups is 1. The van der Waals surface area contributed by atoms with E-state index in [4.69, 9.17) is 14.3 Å². The standard InChI is InChI=1S/C26H33NO4.C2H6/c28-18-9-7-5-3-1-2-4-6-8-10-19-30-23-15-13-21(14-16-23)24-20-22-12-11-17-27-25(22)31-26(24)29;1-2/h11-17,20,28H,1-10,18-19H2;1-2H3. The monoisotopic (exact) mass is 453 g/mol. The molecule has 2 aromatic heterocycles. The maximum absolute atomic E-state index is 12.3. The predicted octanol–water partition coefficient (Wildman–Crippen LogP) is 7.15. The highest BCUT2D eigenvalue weighted by Gasteiger charge is 2.08. The van der Waals surface area contributed by atoms with Crippen LogP contribution in [0.5, 0.6) is 5.75 Å². The van der Waals surface area contributed by atoms with Crippen molar-refractivity contribution in [3.8, 4) is 16.9 Å². The fourth-order valence-corrected chi connectivity index (χ4v) is 3.71. The Kier molecular flexibility index (Phi) is 12.9. The highest BCUT2D eigenvalue weighted by Crippen LogP contribution is 2.23. The van der Waals surface area contributed by atoms with E-state index in [1.54, 1.807) is 6.20 Å². The average molecular weight is 454 g/mol. The van der Waals surface area contributed by atoms with Gasteiger partial charge in [-0.3, -0.25) is 0 Å². The molecule has 0 saturated heterocycles. The molecule has 180 valence electrons. The van der Waals surface area contributed by atoms with Gasteiger partial charge in [-0.1, -0.05) is 77.3 Å². The Bertz CT molecular complexity index is 966. The molecule has 5 heteroatoms. The van der Waals surface area contributed by atoms with Gasteiger partial charge < -0.3 is 14.3 Å². The van der Waals surface area contributed by atoms with Crippen LogP contribution in [0.2, 0.25) is 0 Å². The number of benzene rings is 1. The first-order chi connectivity index (χ1) is 16.3. The Balaban J connectivity index is 0.00000187. The van der Waals surface area contributed by atoms with Crippen LogP contribution in [0.4, 0.5) is 0 Å². The van der Waals surface area contributed by atoms with Crippen molar-refractivity contribution in [2.75, 3.05) is 13.2 Å². The summed E-state index contributed by atoms with van der Waals surface area (Å²) < 4.78 is 11.2. The van der Waals surface area contributed by atoms with E-state index in [9.17, 15) is 4.79 Å². The fraction of sp³-hybridized carbons (Fsp3) is 0.500. The topological polar surface area (TPSA) is 72.6 Å². The summed E-state index contributed by atoms with van der Waals surface area (Å²) in [5.41, 5.74) is 1.31. The minimum absolute atomic E-state index is 0.325. The summed E-state index contributed by atoms with van der Waals surface area (Å²) in [6.45, 7) is 5.04. The predicted molar refractivity (Wildman–Crippen MR) is 136 cm³/mol. The number of aliphatic hydroxyl groups excluding tert-OH is 1. The van der Waals surface area contributed by atoms with E-state index in [-0.39, 0.29) is 5.63 Å². The van der Waals surface area contributed by atoms with E-state index in [1.807, 2.05) is 56.3 Å². The second-order valence-corrected chi connectivity index (χ2v) is 7.98. The van der Waals surface area contributed by atoms with E-state index >= 15 is 0 Å². The van der Waals surface area contributed by atoms with Gasteiger partial charge in [-0.15, -0.1) is 0 Å². The van der Waals surface area contributed by atoms with E-state index < -0.39 is 0 Å². The van der Waals surface area contributed by atoms with Gasteiger partial charge in [-0.2, -0.15) is 0 Å². The fourth-order valence-electron chi connectivity index (χ4n) is 3.71. The Labute approximate surface area is 197 Å². The lowest BCUT2D eigenvalue weighted by Gasteiger charge is -2.07. The van der Waals surface area contributed by atoms with Gasteiger partial charge >= 0.3 is 5.63 Å². The minimum Gasteiger partial charge on any atom is -0.494 e. The SMILES string of the molecule is CC.O=c1oc2ncccc2cc1-c1ccc(OCCCCCCCCCCCCO)cc1. The van der Waals surface area contributed by atoms with E-state index in [0.717, 1.165) is 36.0 Å². The Morgan fingerprint density at radius 1 is 0.848 bits per heavy atom. The number of aromatic nitrogens is 1. The Hall–Kier alpha value is -2.66. The van der Waals surface area contributed by atoms with Crippen LogP contribution >= 0.6 is 0 Å². The van der Waals surface area contributed by atoms with Crippen molar-refractivity contribution in [1.29, 1.82) is 0 Å². The summed E-state index contributed by atoms with van der Waals surface area (Å²) in [4.78, 5) is 16.3. The van der Waals surface area contributed by atoms with E-state index in [1.165, 1.54) is 44.9 Å². The lowest BCUT2D eigenvalue weighted by molar-refractivity contribution is 0.282. The van der Waals surface area contributed by atoms with Gasteiger partial charge in [0.15, 0.2) is 0 Å². The zero-order chi connectivity index (χ0) is 23.7. The van der Waals surface area contributed by atoms with Gasteiger partial charge in [-0.25, -0.2) is 9.78 Å². The molecular weight excluding hydrogens is 414 g/mol. The van der Waals surface area contributed by atoms with Gasteiger partial charge in [0.05, 0.1) is 12.2 Å². The van der Waals surface area contributed by atoms with Crippen LogP contribution in [0.15, 0.2) is 57.9 Å². The molecule has 0 radical (unpaired) electrons. The van der Waals surface area contributed by atoms with Crippen LogP contribution in [0.1, 0.15) is 78.1 Å². The third-order valence-electron chi connectivity index (χ3n) is 5.50. The molecule has 0 bridgehead atoms. The summed E-state index contributed by atoms with van der Waals surface area (Å²) in [6.07, 6.45) is 13.6. The normalized spacial score (nSPS) is 10.6. The molecule has 0 atom stereocenters. The first kappa shape index (κ1) is 26.6. The maximum atomic E-state index is 12.3. The highest BCUT2D eigenvalue weighted by molar-refractivity contribution is 5.78. The number of hydrogen-bond acceptors (Lipinski definition) is 5. The summed E-state index contributed by atoms with van der Waals surface area (Å²) in [6, 6.07) is 13.1. The summed E-state index contributed by atoms with van der Waals surface area (Å²) in [7, 11) is 0. The zero-order valence-electron chi connectivity index (χ0n) is 20.2. The summed E-state index contributed by atoms with van der Waals surface area (Å²) >= 11 is 0. The third kappa shape index (κ3) is 9.39. The summed E-state index contributed by atoms with van der Waals surface area (Å²) in [5.74, 6) is 0.818. The molecule has 2 heterocycles. The molecule has 0 aliphatic heterocycles. The zero-order valence-corrected chi connectivity index (χ0v) is 20.2. The van der Waals surface area contributed by atoms with Crippen molar-refractivity contribution in [3.63, 3.8) is 0 Å². The van der Waals surface area contributed by atoms with Gasteiger partial charge in [-0.05, 0) is 48.7 Å². The number of nitrogens with zero attached hydrogens (tertiary/aromatic N) is 1. The van der Waals surface area contributed by atoms with Crippen molar-refractivity contribution in [1.82, 2.24) is 4.98 Å². The number of fused-ring (bicyclic) bond motifs is 1. The molecule has 33 heavy (non-hydrogen) atoms. The molecular formula is C28H39NO4. The molecule has 3 rings (SSSR count). The molecule has 3 aromatic rings. The first-order valence-electron chi connectivity index (χ1n) is 12.5. The second-order valence-electron chi connectivity index (χ2n) is 7.98. The molecule has 1 aromatic carbocycles. The lowest BCUT2D eigenvalue weighted by atomic mass is 10.1. The largest absolute Gasteiger partial charge is 0.494 e. The Morgan fingerprint density at radius 2 is 1.45 bits per heavy atom. The van der Waals surface area contributed by atoms with Crippen molar-refractivity contribution < 1.29 is 14.3 Å². The van der Waals surface area contributed by atoms with Gasteiger partial charge in [0.1, 0.15) is 5.75 Å². The number of hydrogen-bond donors (Lipinski definition) is 1. The number of pyridine rings is 1. The van der Waals surface area contributed by atoms with Gasteiger partial charge in [0.2, 0.25) is 5.71 Å². The third-order valence-corrected chi connectivity index (χ3v) is 5.50. The van der Waals surface area contributed by atoms with Crippen molar-refractivity contribution >= 4 is 11.1 Å². The molecule has 0 amide bonds. The quantitative estimate of drug-likeness (QED) is 0.262. The molecule has 0 aliphatic carbocycles. The number of unbranched alkanes of at least 4 members (excludes halogenated alkanes) is 9. The second kappa shape index (κ2) is 16.0. The molecule has 5 nitrogen and oxygen atoms in total. The number of rotatable bonds is 14. The Morgan fingerprint density at radius 3 is 2.09 bits per heavy atom. The molecule has 0 aliphatic rings. The molecule has 0 unspecified atom stereocenters. The molecule has 0 fully saturated rings. The highest BCUT2D eigenvalue weighted by atomic mass is 16.5. The number of ether oxygens (including phenoxy) is 1. The van der Waals surface area contributed by atoms with Crippen molar-refractivity contribution in [2.45, 2.75) is 78.1 Å². The van der Waals surface area contributed by atoms with Crippen LogP contribution in [0.25, 0.3) is 22.2 Å². The van der Waals surface area contributed by atoms with Crippen LogP contribution in [0.3, 0.4) is 0 Å². The van der Waals surface area contributed by atoms with E-state index in [2.05, 4.69) is 4.98 Å². The maximum Gasteiger partial charge on any atom is 0.345 e. The van der Waals surface area contributed by atoms with Crippen LogP contribution in [-0.2, 0) is 0 Å². The van der Waals surface area contributed by atoms with Crippen LogP contribution < -0.4 is 10.4 Å². The average Bonchev–Trinajstić information content (AvgIpc) is 2.86.